The van der Waals surface area contributed by atoms with E-state index in [1.807, 2.05) is 50.2 Å². The highest BCUT2D eigenvalue weighted by Gasteiger charge is 2.16. The molecule has 33 heavy (non-hydrogen) atoms. The van der Waals surface area contributed by atoms with Gasteiger partial charge in [-0.25, -0.2) is 0 Å². The van der Waals surface area contributed by atoms with Crippen LogP contribution in [-0.4, -0.2) is 10.5 Å². The number of rotatable bonds is 5. The van der Waals surface area contributed by atoms with Gasteiger partial charge in [-0.15, -0.1) is 0 Å². The Morgan fingerprint density at radius 3 is 2.55 bits per heavy atom. The highest BCUT2D eigenvalue weighted by atomic mass is 79.9. The van der Waals surface area contributed by atoms with Crippen LogP contribution in [0.15, 0.2) is 76.8 Å². The molecule has 1 aromatic heterocycles. The fraction of sp³-hybridized carbons (Fsp3) is 0.111. The first kappa shape index (κ1) is 22.8. The predicted octanol–water partition coefficient (Wildman–Crippen LogP) is 7.27. The molecule has 0 unspecified atom stereocenters. The van der Waals surface area contributed by atoms with Gasteiger partial charge < -0.3 is 9.88 Å². The van der Waals surface area contributed by atoms with Gasteiger partial charge in [0.1, 0.15) is 11.6 Å². The maximum absolute atomic E-state index is 12.9. The number of halogens is 2. The van der Waals surface area contributed by atoms with Crippen LogP contribution in [0.2, 0.25) is 5.02 Å². The van der Waals surface area contributed by atoms with Gasteiger partial charge in [-0.1, -0.05) is 63.9 Å². The van der Waals surface area contributed by atoms with Gasteiger partial charge in [-0.3, -0.25) is 4.79 Å². The average Bonchev–Trinajstić information content (AvgIpc) is 3.07. The van der Waals surface area contributed by atoms with Gasteiger partial charge in [0.25, 0.3) is 5.91 Å². The third-order valence-corrected chi connectivity index (χ3v) is 6.55. The number of nitrogens with zero attached hydrogens (tertiary/aromatic N) is 2. The minimum atomic E-state index is -0.471. The number of fused-ring (bicyclic) bond motifs is 1. The standard InChI is InChI=1S/C27H21BrClN3O/c1-17-7-12-22(14-25(17)29)31-27(33)20(15-30)13-24-18(2)32(26-6-4-3-5-23(24)26)16-19-8-10-21(28)11-9-19/h3-14H,16H2,1-2H3,(H,31,33)/b20-13-. The highest BCUT2D eigenvalue weighted by Crippen LogP contribution is 2.29. The van der Waals surface area contributed by atoms with Gasteiger partial charge >= 0.3 is 0 Å². The largest absolute Gasteiger partial charge is 0.340 e. The molecule has 0 aliphatic heterocycles. The lowest BCUT2D eigenvalue weighted by atomic mass is 10.1. The Bertz CT molecular complexity index is 1430. The topological polar surface area (TPSA) is 57.8 Å². The molecule has 4 aromatic rings. The second-order valence-corrected chi connectivity index (χ2v) is 9.14. The molecule has 0 radical (unpaired) electrons. The molecule has 6 heteroatoms. The first-order valence-corrected chi connectivity index (χ1v) is 11.6. The van der Waals surface area contributed by atoms with Crippen molar-refractivity contribution in [3.63, 3.8) is 0 Å². The van der Waals surface area contributed by atoms with Crippen molar-refractivity contribution in [2.75, 3.05) is 5.32 Å². The molecular formula is C27H21BrClN3O. The number of hydrogen-bond acceptors (Lipinski definition) is 2. The predicted molar refractivity (Wildman–Crippen MR) is 138 cm³/mol. The van der Waals surface area contributed by atoms with Crippen molar-refractivity contribution in [2.45, 2.75) is 20.4 Å². The maximum atomic E-state index is 12.9. The second-order valence-electron chi connectivity index (χ2n) is 7.82. The van der Waals surface area contributed by atoms with E-state index in [4.69, 9.17) is 11.6 Å². The van der Waals surface area contributed by atoms with E-state index in [9.17, 15) is 10.1 Å². The number of para-hydroxylation sites is 1. The fourth-order valence-electron chi connectivity index (χ4n) is 3.78. The molecule has 1 heterocycles. The van der Waals surface area contributed by atoms with Crippen LogP contribution >= 0.6 is 27.5 Å². The van der Waals surface area contributed by atoms with Crippen molar-refractivity contribution in [3.05, 3.63) is 104 Å². The van der Waals surface area contributed by atoms with Gasteiger partial charge in [-0.2, -0.15) is 5.26 Å². The molecule has 4 nitrogen and oxygen atoms in total. The van der Waals surface area contributed by atoms with Crippen molar-refractivity contribution in [3.8, 4) is 6.07 Å². The Balaban J connectivity index is 1.72. The van der Waals surface area contributed by atoms with Crippen LogP contribution < -0.4 is 5.32 Å². The van der Waals surface area contributed by atoms with Crippen molar-refractivity contribution in [2.24, 2.45) is 0 Å². The van der Waals surface area contributed by atoms with E-state index in [1.165, 1.54) is 0 Å². The number of aromatic nitrogens is 1. The van der Waals surface area contributed by atoms with E-state index in [0.717, 1.165) is 37.8 Å². The van der Waals surface area contributed by atoms with E-state index in [-0.39, 0.29) is 5.57 Å². The number of carbonyl (C=O) groups is 1. The molecule has 164 valence electrons. The molecule has 1 amide bonds. The molecule has 0 saturated heterocycles. The molecule has 0 bridgehead atoms. The third-order valence-electron chi connectivity index (χ3n) is 5.62. The summed E-state index contributed by atoms with van der Waals surface area (Å²) in [5.74, 6) is -0.471. The first-order chi connectivity index (χ1) is 15.9. The van der Waals surface area contributed by atoms with Gasteiger partial charge in [0.15, 0.2) is 0 Å². The van der Waals surface area contributed by atoms with Crippen LogP contribution in [0.3, 0.4) is 0 Å². The summed E-state index contributed by atoms with van der Waals surface area (Å²) < 4.78 is 3.24. The Morgan fingerprint density at radius 2 is 1.85 bits per heavy atom. The summed E-state index contributed by atoms with van der Waals surface area (Å²) in [6, 6.07) is 23.5. The van der Waals surface area contributed by atoms with Crippen LogP contribution in [-0.2, 0) is 11.3 Å². The van der Waals surface area contributed by atoms with Gasteiger partial charge in [0.05, 0.1) is 0 Å². The summed E-state index contributed by atoms with van der Waals surface area (Å²) in [5.41, 5.74) is 5.54. The lowest BCUT2D eigenvalue weighted by Gasteiger charge is -2.09. The molecule has 1 N–H and O–H groups in total. The number of anilines is 1. The van der Waals surface area contributed by atoms with E-state index in [1.54, 1.807) is 18.2 Å². The monoisotopic (exact) mass is 517 g/mol. The smallest absolute Gasteiger partial charge is 0.266 e. The molecule has 0 spiro atoms. The molecule has 0 aliphatic carbocycles. The highest BCUT2D eigenvalue weighted by molar-refractivity contribution is 9.10. The zero-order valence-electron chi connectivity index (χ0n) is 18.2. The zero-order chi connectivity index (χ0) is 23.5. The molecular weight excluding hydrogens is 498 g/mol. The quantitative estimate of drug-likeness (QED) is 0.223. The van der Waals surface area contributed by atoms with Crippen LogP contribution in [0, 0.1) is 25.2 Å². The summed E-state index contributed by atoms with van der Waals surface area (Å²) in [5, 5.41) is 14.1. The Kier molecular flexibility index (Phi) is 6.69. The number of nitrogens with one attached hydrogen (secondary N) is 1. The van der Waals surface area contributed by atoms with E-state index in [0.29, 0.717) is 17.3 Å². The molecule has 0 aliphatic rings. The van der Waals surface area contributed by atoms with Crippen molar-refractivity contribution >= 4 is 56.1 Å². The number of nitriles is 1. The number of benzene rings is 3. The lowest BCUT2D eigenvalue weighted by molar-refractivity contribution is -0.112. The molecule has 0 saturated carbocycles. The van der Waals surface area contributed by atoms with Crippen molar-refractivity contribution in [1.82, 2.24) is 4.57 Å². The summed E-state index contributed by atoms with van der Waals surface area (Å²) in [4.78, 5) is 12.9. The van der Waals surface area contributed by atoms with Gasteiger partial charge in [0.2, 0.25) is 0 Å². The lowest BCUT2D eigenvalue weighted by Crippen LogP contribution is -2.13. The van der Waals surface area contributed by atoms with Crippen molar-refractivity contribution in [1.29, 1.82) is 5.26 Å². The zero-order valence-corrected chi connectivity index (χ0v) is 20.5. The Morgan fingerprint density at radius 1 is 1.12 bits per heavy atom. The summed E-state index contributed by atoms with van der Waals surface area (Å²) >= 11 is 9.65. The van der Waals surface area contributed by atoms with E-state index in [2.05, 4.69) is 50.1 Å². The van der Waals surface area contributed by atoms with Crippen LogP contribution in [0.4, 0.5) is 5.69 Å². The van der Waals surface area contributed by atoms with E-state index >= 15 is 0 Å². The average molecular weight is 519 g/mol. The maximum Gasteiger partial charge on any atom is 0.266 e. The number of aryl methyl sites for hydroxylation is 1. The van der Waals surface area contributed by atoms with Gasteiger partial charge in [-0.05, 0) is 61.4 Å². The first-order valence-electron chi connectivity index (χ1n) is 10.4. The van der Waals surface area contributed by atoms with E-state index < -0.39 is 5.91 Å². The Labute approximate surface area is 206 Å². The van der Waals surface area contributed by atoms with Crippen LogP contribution in [0.1, 0.15) is 22.4 Å². The third kappa shape index (κ3) is 4.88. The molecule has 0 atom stereocenters. The number of hydrogen-bond donors (Lipinski definition) is 1. The SMILES string of the molecule is Cc1ccc(NC(=O)/C(C#N)=C\c2c(C)n(Cc3ccc(Br)cc3)c3ccccc23)cc1Cl. The minimum absolute atomic E-state index is 0.0290. The number of carbonyl (C=O) groups excluding carboxylic acids is 1. The number of amides is 1. The second kappa shape index (κ2) is 9.66. The summed E-state index contributed by atoms with van der Waals surface area (Å²) in [6.45, 7) is 4.59. The summed E-state index contributed by atoms with van der Waals surface area (Å²) in [7, 11) is 0. The summed E-state index contributed by atoms with van der Waals surface area (Å²) in [6.07, 6.45) is 1.67. The minimum Gasteiger partial charge on any atom is -0.340 e. The normalized spacial score (nSPS) is 11.4. The molecule has 3 aromatic carbocycles. The molecule has 0 fully saturated rings. The van der Waals surface area contributed by atoms with Crippen LogP contribution in [0.5, 0.6) is 0 Å². The molecule has 4 rings (SSSR count). The van der Waals surface area contributed by atoms with Crippen LogP contribution in [0.25, 0.3) is 17.0 Å². The van der Waals surface area contributed by atoms with Gasteiger partial charge in [0, 0.05) is 43.9 Å². The Hall–Kier alpha value is -3.33. The fourth-order valence-corrected chi connectivity index (χ4v) is 4.22. The van der Waals surface area contributed by atoms with Crippen molar-refractivity contribution < 1.29 is 4.79 Å².